The van der Waals surface area contributed by atoms with E-state index in [4.69, 9.17) is 11.6 Å². The van der Waals surface area contributed by atoms with E-state index < -0.39 is 0 Å². The molecule has 0 aromatic heterocycles. The highest BCUT2D eigenvalue weighted by Crippen LogP contribution is 2.25. The Labute approximate surface area is 96.4 Å². The van der Waals surface area contributed by atoms with Gasteiger partial charge in [-0.15, -0.1) is 0 Å². The maximum atomic E-state index is 5.86. The molecule has 1 rings (SSSR count). The second-order valence-corrected chi connectivity index (χ2v) is 4.80. The standard InChI is InChI=1S/C9H11BrClNS/c1-13-5-4-12-7-2-3-9(11)8(10)6-7/h2-3,6,12H,4-5H2,1H3. The molecule has 0 saturated carbocycles. The van der Waals surface area contributed by atoms with E-state index in [-0.39, 0.29) is 0 Å². The summed E-state index contributed by atoms with van der Waals surface area (Å²) in [6, 6.07) is 5.85. The summed E-state index contributed by atoms with van der Waals surface area (Å²) in [4.78, 5) is 0. The van der Waals surface area contributed by atoms with Crippen LogP contribution < -0.4 is 5.32 Å². The van der Waals surface area contributed by atoms with E-state index in [0.29, 0.717) is 0 Å². The molecule has 0 aliphatic rings. The summed E-state index contributed by atoms with van der Waals surface area (Å²) in [5, 5.41) is 4.05. The zero-order valence-corrected chi connectivity index (χ0v) is 10.5. The first-order valence-corrected chi connectivity index (χ1v) is 6.48. The van der Waals surface area contributed by atoms with E-state index in [9.17, 15) is 0 Å². The lowest BCUT2D eigenvalue weighted by Gasteiger charge is -2.05. The number of benzene rings is 1. The fourth-order valence-electron chi connectivity index (χ4n) is 0.904. The van der Waals surface area contributed by atoms with Gasteiger partial charge >= 0.3 is 0 Å². The zero-order chi connectivity index (χ0) is 9.68. The molecular weight excluding hydrogens is 270 g/mol. The lowest BCUT2D eigenvalue weighted by atomic mass is 10.3. The van der Waals surface area contributed by atoms with Gasteiger partial charge in [0.1, 0.15) is 0 Å². The van der Waals surface area contributed by atoms with Crippen LogP contribution in [0.5, 0.6) is 0 Å². The first-order chi connectivity index (χ1) is 6.24. The molecular formula is C9H11BrClNS. The average Bonchev–Trinajstić information content (AvgIpc) is 2.12. The molecule has 0 amide bonds. The summed E-state index contributed by atoms with van der Waals surface area (Å²) in [7, 11) is 0. The van der Waals surface area contributed by atoms with Crippen LogP contribution in [0.15, 0.2) is 22.7 Å². The van der Waals surface area contributed by atoms with Crippen molar-refractivity contribution in [1.82, 2.24) is 0 Å². The van der Waals surface area contributed by atoms with E-state index in [0.717, 1.165) is 27.5 Å². The number of rotatable bonds is 4. The molecule has 0 spiro atoms. The fraction of sp³-hybridized carbons (Fsp3) is 0.333. The molecule has 0 fully saturated rings. The molecule has 0 bridgehead atoms. The fourth-order valence-corrected chi connectivity index (χ4v) is 1.71. The number of hydrogen-bond acceptors (Lipinski definition) is 2. The summed E-state index contributed by atoms with van der Waals surface area (Å²) in [6.45, 7) is 0.981. The molecule has 1 nitrogen and oxygen atoms in total. The van der Waals surface area contributed by atoms with Crippen molar-refractivity contribution >= 4 is 45.0 Å². The Kier molecular flexibility index (Phi) is 4.99. The minimum absolute atomic E-state index is 0.746. The smallest absolute Gasteiger partial charge is 0.0549 e. The summed E-state index contributed by atoms with van der Waals surface area (Å²) >= 11 is 11.1. The van der Waals surface area contributed by atoms with Gasteiger partial charge in [0.2, 0.25) is 0 Å². The molecule has 72 valence electrons. The Morgan fingerprint density at radius 1 is 1.54 bits per heavy atom. The van der Waals surface area contributed by atoms with Gasteiger partial charge in [0, 0.05) is 22.5 Å². The van der Waals surface area contributed by atoms with Gasteiger partial charge in [-0.3, -0.25) is 0 Å². The van der Waals surface area contributed by atoms with Gasteiger partial charge in [-0.05, 0) is 40.4 Å². The van der Waals surface area contributed by atoms with Crippen LogP contribution in [0, 0.1) is 0 Å². The first kappa shape index (κ1) is 11.2. The van der Waals surface area contributed by atoms with Crippen molar-refractivity contribution in [1.29, 1.82) is 0 Å². The normalized spacial score (nSPS) is 10.1. The number of hydrogen-bond donors (Lipinski definition) is 1. The minimum atomic E-state index is 0.746. The molecule has 1 aromatic carbocycles. The van der Waals surface area contributed by atoms with E-state index in [1.807, 2.05) is 30.0 Å². The van der Waals surface area contributed by atoms with E-state index in [1.54, 1.807) is 0 Å². The van der Waals surface area contributed by atoms with Gasteiger partial charge in [0.05, 0.1) is 5.02 Å². The summed E-state index contributed by atoms with van der Waals surface area (Å²) in [5.41, 5.74) is 1.10. The van der Waals surface area contributed by atoms with Crippen LogP contribution >= 0.6 is 39.3 Å². The van der Waals surface area contributed by atoms with Crippen LogP contribution in [0.1, 0.15) is 0 Å². The topological polar surface area (TPSA) is 12.0 Å². The van der Waals surface area contributed by atoms with Crippen molar-refractivity contribution in [2.24, 2.45) is 0 Å². The van der Waals surface area contributed by atoms with Crippen LogP contribution in [0.25, 0.3) is 0 Å². The van der Waals surface area contributed by atoms with Crippen molar-refractivity contribution in [3.8, 4) is 0 Å². The number of halogens is 2. The van der Waals surface area contributed by atoms with Crippen LogP contribution in [0.3, 0.4) is 0 Å². The number of thioether (sulfide) groups is 1. The lowest BCUT2D eigenvalue weighted by molar-refractivity contribution is 1.23. The third-order valence-electron chi connectivity index (χ3n) is 1.55. The van der Waals surface area contributed by atoms with Crippen LogP contribution in [0.4, 0.5) is 5.69 Å². The molecule has 0 aliphatic heterocycles. The maximum Gasteiger partial charge on any atom is 0.0549 e. The second-order valence-electron chi connectivity index (χ2n) is 2.55. The predicted octanol–water partition coefficient (Wildman–Crippen LogP) is 3.88. The predicted molar refractivity (Wildman–Crippen MR) is 66.0 cm³/mol. The summed E-state index contributed by atoms with van der Waals surface area (Å²) < 4.78 is 0.934. The minimum Gasteiger partial charge on any atom is -0.384 e. The molecule has 0 radical (unpaired) electrons. The number of nitrogens with one attached hydrogen (secondary N) is 1. The highest BCUT2D eigenvalue weighted by atomic mass is 79.9. The van der Waals surface area contributed by atoms with Gasteiger partial charge < -0.3 is 5.32 Å². The Morgan fingerprint density at radius 2 is 2.31 bits per heavy atom. The van der Waals surface area contributed by atoms with Crippen molar-refractivity contribution in [2.75, 3.05) is 23.9 Å². The highest BCUT2D eigenvalue weighted by molar-refractivity contribution is 9.10. The van der Waals surface area contributed by atoms with Gasteiger partial charge in [0.15, 0.2) is 0 Å². The third kappa shape index (κ3) is 3.79. The molecule has 1 N–H and O–H groups in total. The summed E-state index contributed by atoms with van der Waals surface area (Å²) in [6.07, 6.45) is 2.10. The monoisotopic (exact) mass is 279 g/mol. The molecule has 0 atom stereocenters. The molecule has 4 heteroatoms. The quantitative estimate of drug-likeness (QED) is 0.840. The van der Waals surface area contributed by atoms with Crippen molar-refractivity contribution < 1.29 is 0 Å². The summed E-state index contributed by atoms with van der Waals surface area (Å²) in [5.74, 6) is 1.11. The Balaban J connectivity index is 2.53. The Bertz CT molecular complexity index is 280. The lowest BCUT2D eigenvalue weighted by Crippen LogP contribution is -2.03. The second kappa shape index (κ2) is 5.78. The van der Waals surface area contributed by atoms with Gasteiger partial charge in [-0.1, -0.05) is 11.6 Å². The third-order valence-corrected chi connectivity index (χ3v) is 3.38. The van der Waals surface area contributed by atoms with Gasteiger partial charge in [-0.25, -0.2) is 0 Å². The van der Waals surface area contributed by atoms with E-state index >= 15 is 0 Å². The SMILES string of the molecule is CSCCNc1ccc(Cl)c(Br)c1. The molecule has 0 saturated heterocycles. The van der Waals surface area contributed by atoms with Crippen LogP contribution in [0.2, 0.25) is 5.02 Å². The van der Waals surface area contributed by atoms with Crippen molar-refractivity contribution in [2.45, 2.75) is 0 Å². The van der Waals surface area contributed by atoms with Crippen molar-refractivity contribution in [3.05, 3.63) is 27.7 Å². The Morgan fingerprint density at radius 3 is 2.92 bits per heavy atom. The van der Waals surface area contributed by atoms with Gasteiger partial charge in [-0.2, -0.15) is 11.8 Å². The van der Waals surface area contributed by atoms with Gasteiger partial charge in [0.25, 0.3) is 0 Å². The van der Waals surface area contributed by atoms with Crippen molar-refractivity contribution in [3.63, 3.8) is 0 Å². The maximum absolute atomic E-state index is 5.86. The zero-order valence-electron chi connectivity index (χ0n) is 7.31. The van der Waals surface area contributed by atoms with E-state index in [2.05, 4.69) is 27.5 Å². The molecule has 0 heterocycles. The largest absolute Gasteiger partial charge is 0.384 e. The van der Waals surface area contributed by atoms with E-state index in [1.165, 1.54) is 0 Å². The molecule has 13 heavy (non-hydrogen) atoms. The first-order valence-electron chi connectivity index (χ1n) is 3.92. The van der Waals surface area contributed by atoms with Crippen LogP contribution in [-0.2, 0) is 0 Å². The Hall–Kier alpha value is 0.140. The van der Waals surface area contributed by atoms with Crippen LogP contribution in [-0.4, -0.2) is 18.6 Å². The highest BCUT2D eigenvalue weighted by Gasteiger charge is 1.97. The molecule has 0 unspecified atom stereocenters. The molecule has 0 aliphatic carbocycles. The average molecular weight is 281 g/mol. The molecule has 1 aromatic rings. The number of anilines is 1.